The Hall–Kier alpha value is -3.70. The molecule has 1 fully saturated rings. The van der Waals surface area contributed by atoms with E-state index in [2.05, 4.69) is 77.0 Å². The fourth-order valence-electron chi connectivity index (χ4n) is 6.31. The zero-order chi connectivity index (χ0) is 30.1. The lowest BCUT2D eigenvalue weighted by Crippen LogP contribution is -2.41. The maximum atomic E-state index is 6.36. The average molecular weight is 610 g/mol. The van der Waals surface area contributed by atoms with Gasteiger partial charge in [0.25, 0.3) is 0 Å². The molecule has 0 aliphatic carbocycles. The number of rotatable bonds is 9. The van der Waals surface area contributed by atoms with Gasteiger partial charge in [0.2, 0.25) is 0 Å². The van der Waals surface area contributed by atoms with E-state index in [1.807, 2.05) is 18.5 Å². The fraction of sp³-hybridized carbons (Fsp3) is 0.412. The summed E-state index contributed by atoms with van der Waals surface area (Å²) in [6.45, 7) is 11.6. The van der Waals surface area contributed by atoms with Gasteiger partial charge in [-0.1, -0.05) is 36.4 Å². The number of anilines is 2. The van der Waals surface area contributed by atoms with Gasteiger partial charge in [0.05, 0.1) is 35.6 Å². The molecular formula is C34H39N7O2S. The monoisotopic (exact) mass is 609 g/mol. The van der Waals surface area contributed by atoms with Crippen molar-refractivity contribution in [2.75, 3.05) is 56.2 Å². The molecule has 2 aliphatic rings. The summed E-state index contributed by atoms with van der Waals surface area (Å²) < 4.78 is 13.0. The normalized spacial score (nSPS) is 16.7. The maximum absolute atomic E-state index is 6.36. The third kappa shape index (κ3) is 5.99. The van der Waals surface area contributed by atoms with Crippen LogP contribution < -0.4 is 9.80 Å². The average Bonchev–Trinajstić information content (AvgIpc) is 3.43. The molecule has 0 amide bonds. The molecule has 4 aromatic heterocycles. The van der Waals surface area contributed by atoms with E-state index in [1.54, 1.807) is 17.7 Å². The van der Waals surface area contributed by atoms with Crippen LogP contribution in [0.3, 0.4) is 0 Å². The lowest BCUT2D eigenvalue weighted by Gasteiger charge is -2.34. The molecule has 0 saturated carbocycles. The van der Waals surface area contributed by atoms with Crippen molar-refractivity contribution in [3.05, 3.63) is 83.4 Å². The van der Waals surface area contributed by atoms with E-state index in [1.165, 1.54) is 11.1 Å². The molecule has 1 aromatic carbocycles. The van der Waals surface area contributed by atoms with Gasteiger partial charge < -0.3 is 19.3 Å². The van der Waals surface area contributed by atoms with Crippen LogP contribution in [0.2, 0.25) is 0 Å². The fourth-order valence-corrected chi connectivity index (χ4v) is 7.48. The van der Waals surface area contributed by atoms with E-state index in [-0.39, 0.29) is 5.60 Å². The topological polar surface area (TPSA) is 79.7 Å². The van der Waals surface area contributed by atoms with E-state index in [0.29, 0.717) is 6.61 Å². The van der Waals surface area contributed by atoms with Crippen molar-refractivity contribution in [3.63, 3.8) is 0 Å². The molecule has 0 atom stereocenters. The van der Waals surface area contributed by atoms with Crippen LogP contribution in [0.5, 0.6) is 0 Å². The van der Waals surface area contributed by atoms with E-state index < -0.39 is 0 Å². The first-order chi connectivity index (χ1) is 21.4. The first-order valence-corrected chi connectivity index (χ1v) is 16.2. The summed E-state index contributed by atoms with van der Waals surface area (Å²) >= 11 is 1.70. The first kappa shape index (κ1) is 29.0. The number of ether oxygens (including phenoxy) is 2. The molecule has 0 unspecified atom stereocenters. The minimum atomic E-state index is -0.273. The Labute approximate surface area is 262 Å². The number of pyridine rings is 2. The van der Waals surface area contributed by atoms with E-state index >= 15 is 0 Å². The number of nitrogens with zero attached hydrogens (tertiary/aromatic N) is 7. The minimum absolute atomic E-state index is 0.273. The number of morpholine rings is 1. The Morgan fingerprint density at radius 3 is 2.57 bits per heavy atom. The lowest BCUT2D eigenvalue weighted by molar-refractivity contribution is -0.0395. The summed E-state index contributed by atoms with van der Waals surface area (Å²) in [5.74, 6) is 1.93. The van der Waals surface area contributed by atoms with Gasteiger partial charge >= 0.3 is 0 Å². The Kier molecular flexibility index (Phi) is 8.16. The van der Waals surface area contributed by atoms with Crippen molar-refractivity contribution in [1.29, 1.82) is 0 Å². The summed E-state index contributed by atoms with van der Waals surface area (Å²) in [4.78, 5) is 27.6. The van der Waals surface area contributed by atoms with Crippen molar-refractivity contribution < 1.29 is 9.47 Å². The van der Waals surface area contributed by atoms with E-state index in [0.717, 1.165) is 102 Å². The van der Waals surface area contributed by atoms with Crippen LogP contribution >= 0.6 is 11.3 Å². The molecule has 2 aliphatic heterocycles. The summed E-state index contributed by atoms with van der Waals surface area (Å²) in [6, 6.07) is 14.7. The molecule has 5 aromatic rings. The first-order valence-electron chi connectivity index (χ1n) is 15.4. The summed E-state index contributed by atoms with van der Waals surface area (Å²) in [7, 11) is 2.13. The van der Waals surface area contributed by atoms with Crippen LogP contribution in [-0.4, -0.2) is 76.9 Å². The highest BCUT2D eigenvalue weighted by Gasteiger charge is 2.33. The molecule has 228 valence electrons. The van der Waals surface area contributed by atoms with Crippen LogP contribution in [0, 0.1) is 0 Å². The predicted molar refractivity (Wildman–Crippen MR) is 176 cm³/mol. The third-order valence-corrected chi connectivity index (χ3v) is 9.67. The lowest BCUT2D eigenvalue weighted by atomic mass is 9.90. The van der Waals surface area contributed by atoms with Gasteiger partial charge in [-0.2, -0.15) is 0 Å². The largest absolute Gasteiger partial charge is 0.379 e. The van der Waals surface area contributed by atoms with Crippen molar-refractivity contribution in [3.8, 4) is 0 Å². The zero-order valence-electron chi connectivity index (χ0n) is 25.7. The number of hydrogen-bond acceptors (Lipinski definition) is 10. The van der Waals surface area contributed by atoms with Crippen molar-refractivity contribution >= 4 is 43.4 Å². The molecule has 0 N–H and O–H groups in total. The van der Waals surface area contributed by atoms with Gasteiger partial charge in [-0.3, -0.25) is 9.88 Å². The van der Waals surface area contributed by atoms with E-state index in [9.17, 15) is 0 Å². The third-order valence-electron chi connectivity index (χ3n) is 8.60. The highest BCUT2D eigenvalue weighted by molar-refractivity contribution is 7.26. The van der Waals surface area contributed by atoms with Crippen LogP contribution in [0.1, 0.15) is 36.1 Å². The Bertz CT molecular complexity index is 1740. The molecule has 44 heavy (non-hydrogen) atoms. The van der Waals surface area contributed by atoms with E-state index in [4.69, 9.17) is 24.4 Å². The molecular weight excluding hydrogens is 570 g/mol. The molecule has 6 heterocycles. The van der Waals surface area contributed by atoms with Crippen molar-refractivity contribution in [2.24, 2.45) is 0 Å². The number of benzene rings is 1. The number of aromatic nitrogens is 4. The van der Waals surface area contributed by atoms with Gasteiger partial charge in [0.15, 0.2) is 0 Å². The maximum Gasteiger partial charge on any atom is 0.150 e. The standard InChI is InChI=1S/C34H39N7O2S/c1-34(2)18-26-27(22-43-34)31(39(3)20-24-8-5-4-6-9-24)38-33-28(26)29-30(44-33)32(37-23-36-29)41(21-25-10-7-11-35-19-25)13-12-40-14-16-42-17-15-40/h4-11,19,23H,12-18,20-22H2,1-3H3. The van der Waals surface area contributed by atoms with Crippen LogP contribution in [0.15, 0.2) is 61.2 Å². The minimum Gasteiger partial charge on any atom is -0.379 e. The second-order valence-corrected chi connectivity index (χ2v) is 13.4. The van der Waals surface area contributed by atoms with Crippen LogP contribution in [-0.2, 0) is 35.6 Å². The van der Waals surface area contributed by atoms with Crippen molar-refractivity contribution in [1.82, 2.24) is 24.8 Å². The van der Waals surface area contributed by atoms with Gasteiger partial charge in [0.1, 0.15) is 22.8 Å². The molecule has 1 saturated heterocycles. The van der Waals surface area contributed by atoms with Crippen LogP contribution in [0.4, 0.5) is 11.6 Å². The van der Waals surface area contributed by atoms with Gasteiger partial charge in [-0.15, -0.1) is 11.3 Å². The van der Waals surface area contributed by atoms with Crippen LogP contribution in [0.25, 0.3) is 20.4 Å². The zero-order valence-corrected chi connectivity index (χ0v) is 26.5. The molecule has 0 bridgehead atoms. The van der Waals surface area contributed by atoms with Gasteiger partial charge in [-0.05, 0) is 36.6 Å². The summed E-state index contributed by atoms with van der Waals surface area (Å²) in [5.41, 5.74) is 5.57. The Balaban J connectivity index is 1.33. The highest BCUT2D eigenvalue weighted by Crippen LogP contribution is 2.44. The molecule has 9 nitrogen and oxygen atoms in total. The number of hydrogen-bond donors (Lipinski definition) is 0. The SMILES string of the molecule is CN(Cc1ccccc1)c1nc2sc3c(N(CCN4CCOCC4)Cc4cccnc4)ncnc3c2c2c1COC(C)(C)C2. The number of fused-ring (bicyclic) bond motifs is 5. The second-order valence-electron chi connectivity index (χ2n) is 12.4. The van der Waals surface area contributed by atoms with Gasteiger partial charge in [0, 0.05) is 76.1 Å². The Morgan fingerprint density at radius 1 is 0.955 bits per heavy atom. The molecule has 0 radical (unpaired) electrons. The molecule has 10 heteroatoms. The summed E-state index contributed by atoms with van der Waals surface area (Å²) in [5, 5.41) is 1.14. The highest BCUT2D eigenvalue weighted by atomic mass is 32.1. The number of thiophene rings is 1. The molecule has 7 rings (SSSR count). The molecule has 0 spiro atoms. The quantitative estimate of drug-likeness (QED) is 0.216. The second kappa shape index (κ2) is 12.4. The Morgan fingerprint density at radius 2 is 1.77 bits per heavy atom. The van der Waals surface area contributed by atoms with Crippen molar-refractivity contribution in [2.45, 2.75) is 45.6 Å². The van der Waals surface area contributed by atoms with Gasteiger partial charge in [-0.25, -0.2) is 15.0 Å². The predicted octanol–water partition coefficient (Wildman–Crippen LogP) is 5.46. The summed E-state index contributed by atoms with van der Waals surface area (Å²) in [6.07, 6.45) is 6.29. The smallest absolute Gasteiger partial charge is 0.150 e.